The number of hydrogen-bond acceptors (Lipinski definition) is 2. The van der Waals surface area contributed by atoms with Gasteiger partial charge in [-0.25, -0.2) is 0 Å². The maximum Gasteiger partial charge on any atom is 0.0452 e. The first-order chi connectivity index (χ1) is 6.24. The fraction of sp³-hybridized carbons (Fsp3) is 0.200. The molecule has 1 nitrogen and oxygen atoms in total. The Hall–Kier alpha value is -0.600. The van der Waals surface area contributed by atoms with E-state index in [9.17, 15) is 0 Å². The van der Waals surface area contributed by atoms with Gasteiger partial charge in [0, 0.05) is 21.9 Å². The molecule has 0 aliphatic carbocycles. The number of nitrogen functional groups attached to an aromatic ring is 1. The molecule has 1 aromatic carbocycles. The van der Waals surface area contributed by atoms with E-state index in [-0.39, 0.29) is 0 Å². The highest BCUT2D eigenvalue weighted by molar-refractivity contribution is 7.99. The summed E-state index contributed by atoms with van der Waals surface area (Å²) in [5.74, 6) is 0.858. The Balaban J connectivity index is 2.69. The minimum absolute atomic E-state index is 0.832. The summed E-state index contributed by atoms with van der Waals surface area (Å²) in [6, 6.07) is 6.03. The zero-order valence-corrected chi connectivity index (χ0v) is 9.03. The fourth-order valence-electron chi connectivity index (χ4n) is 0.941. The molecule has 0 radical (unpaired) electrons. The smallest absolute Gasteiger partial charge is 0.0452 e. The summed E-state index contributed by atoms with van der Waals surface area (Å²) in [5.41, 5.74) is 9.38. The molecule has 0 heterocycles. The number of rotatable bonds is 3. The van der Waals surface area contributed by atoms with E-state index < -0.39 is 0 Å². The van der Waals surface area contributed by atoms with Crippen molar-refractivity contribution < 1.29 is 0 Å². The van der Waals surface area contributed by atoms with Crippen LogP contribution in [0.3, 0.4) is 0 Å². The van der Waals surface area contributed by atoms with E-state index in [4.69, 9.17) is 17.3 Å². The molecule has 13 heavy (non-hydrogen) atoms. The second kappa shape index (κ2) is 5.20. The molecule has 0 fully saturated rings. The predicted molar refractivity (Wildman–Crippen MR) is 61.3 cm³/mol. The Kier molecular flexibility index (Phi) is 4.19. The van der Waals surface area contributed by atoms with Gasteiger partial charge in [-0.1, -0.05) is 23.7 Å². The van der Waals surface area contributed by atoms with Gasteiger partial charge in [-0.05, 0) is 24.6 Å². The molecule has 70 valence electrons. The summed E-state index contributed by atoms with van der Waals surface area (Å²) < 4.78 is 0. The molecule has 0 unspecified atom stereocenters. The Bertz CT molecular complexity index is 310. The standard InChI is InChI=1S/C10H12ClNS/c1-8-3-4-9(12)10(7-8)13-6-2-5-11/h2-5,7H,6,12H2,1H3/b5-2+. The third kappa shape index (κ3) is 3.33. The highest BCUT2D eigenvalue weighted by Gasteiger charge is 1.98. The van der Waals surface area contributed by atoms with Crippen LogP contribution in [0.25, 0.3) is 0 Å². The molecule has 0 spiro atoms. The Morgan fingerprint density at radius 3 is 3.00 bits per heavy atom. The average Bonchev–Trinajstić information content (AvgIpc) is 2.11. The van der Waals surface area contributed by atoms with E-state index in [2.05, 4.69) is 13.0 Å². The molecule has 0 aliphatic rings. The van der Waals surface area contributed by atoms with Crippen molar-refractivity contribution in [2.75, 3.05) is 11.5 Å². The SMILES string of the molecule is Cc1ccc(N)c(SC/C=C/Cl)c1. The Morgan fingerprint density at radius 2 is 2.31 bits per heavy atom. The minimum atomic E-state index is 0.832. The number of nitrogens with two attached hydrogens (primary N) is 1. The van der Waals surface area contributed by atoms with Gasteiger partial charge in [0.2, 0.25) is 0 Å². The van der Waals surface area contributed by atoms with E-state index in [1.54, 1.807) is 11.8 Å². The lowest BCUT2D eigenvalue weighted by molar-refractivity contribution is 1.36. The van der Waals surface area contributed by atoms with Crippen molar-refractivity contribution in [1.29, 1.82) is 0 Å². The van der Waals surface area contributed by atoms with Gasteiger partial charge in [-0.2, -0.15) is 0 Å². The van der Waals surface area contributed by atoms with Gasteiger partial charge in [0.05, 0.1) is 0 Å². The molecule has 0 saturated carbocycles. The predicted octanol–water partition coefficient (Wildman–Crippen LogP) is 3.42. The molecule has 3 heteroatoms. The molecule has 1 aromatic rings. The quantitative estimate of drug-likeness (QED) is 0.615. The first-order valence-electron chi connectivity index (χ1n) is 3.98. The van der Waals surface area contributed by atoms with Crippen LogP contribution in [-0.2, 0) is 0 Å². The summed E-state index contributed by atoms with van der Waals surface area (Å²) in [7, 11) is 0. The van der Waals surface area contributed by atoms with E-state index in [0.717, 1.165) is 16.3 Å². The topological polar surface area (TPSA) is 26.0 Å². The molecule has 0 aromatic heterocycles. The van der Waals surface area contributed by atoms with Gasteiger partial charge in [-0.15, -0.1) is 11.8 Å². The summed E-state index contributed by atoms with van der Waals surface area (Å²) in [4.78, 5) is 1.12. The van der Waals surface area contributed by atoms with Crippen molar-refractivity contribution >= 4 is 29.1 Å². The lowest BCUT2D eigenvalue weighted by Gasteiger charge is -2.04. The molecule has 0 saturated heterocycles. The maximum atomic E-state index is 5.79. The molecule has 2 N–H and O–H groups in total. The molecule has 0 aliphatic heterocycles. The van der Waals surface area contributed by atoms with Crippen molar-refractivity contribution in [3.63, 3.8) is 0 Å². The van der Waals surface area contributed by atoms with Crippen LogP contribution < -0.4 is 5.73 Å². The molecule has 0 bridgehead atoms. The van der Waals surface area contributed by atoms with E-state index >= 15 is 0 Å². The number of halogens is 1. The van der Waals surface area contributed by atoms with Crippen molar-refractivity contribution in [3.05, 3.63) is 35.4 Å². The summed E-state index contributed by atoms with van der Waals surface area (Å²) >= 11 is 7.10. The number of hydrogen-bond donors (Lipinski definition) is 1. The lowest BCUT2D eigenvalue weighted by atomic mass is 10.2. The zero-order chi connectivity index (χ0) is 9.68. The second-order valence-electron chi connectivity index (χ2n) is 2.71. The average molecular weight is 214 g/mol. The van der Waals surface area contributed by atoms with Crippen molar-refractivity contribution in [2.24, 2.45) is 0 Å². The van der Waals surface area contributed by atoms with Crippen LogP contribution in [0.1, 0.15) is 5.56 Å². The molecule has 0 amide bonds. The zero-order valence-electron chi connectivity index (χ0n) is 7.46. The highest BCUT2D eigenvalue weighted by atomic mass is 35.5. The van der Waals surface area contributed by atoms with Gasteiger partial charge in [0.1, 0.15) is 0 Å². The van der Waals surface area contributed by atoms with Gasteiger partial charge in [-0.3, -0.25) is 0 Å². The number of benzene rings is 1. The highest BCUT2D eigenvalue weighted by Crippen LogP contribution is 2.25. The Morgan fingerprint density at radius 1 is 1.54 bits per heavy atom. The van der Waals surface area contributed by atoms with Gasteiger partial charge in [0.25, 0.3) is 0 Å². The van der Waals surface area contributed by atoms with Crippen LogP contribution in [0.15, 0.2) is 34.7 Å². The summed E-state index contributed by atoms with van der Waals surface area (Å²) in [5, 5.41) is 0. The second-order valence-corrected chi connectivity index (χ2v) is 4.03. The van der Waals surface area contributed by atoms with Crippen LogP contribution in [0, 0.1) is 6.92 Å². The van der Waals surface area contributed by atoms with E-state index in [0.29, 0.717) is 0 Å². The van der Waals surface area contributed by atoms with E-state index in [1.807, 2.05) is 18.2 Å². The first-order valence-corrected chi connectivity index (χ1v) is 5.40. The third-order valence-electron chi connectivity index (χ3n) is 1.59. The van der Waals surface area contributed by atoms with Gasteiger partial charge in [0.15, 0.2) is 0 Å². The number of aryl methyl sites for hydroxylation is 1. The summed E-state index contributed by atoms with van der Waals surface area (Å²) in [6.07, 6.45) is 1.90. The fourth-order valence-corrected chi connectivity index (χ4v) is 2.01. The van der Waals surface area contributed by atoms with Crippen molar-refractivity contribution in [1.82, 2.24) is 0 Å². The lowest BCUT2D eigenvalue weighted by Crippen LogP contribution is -1.89. The molecular weight excluding hydrogens is 202 g/mol. The molecule has 1 rings (SSSR count). The van der Waals surface area contributed by atoms with Gasteiger partial charge >= 0.3 is 0 Å². The first kappa shape index (κ1) is 10.5. The van der Waals surface area contributed by atoms with Crippen LogP contribution in [0.5, 0.6) is 0 Å². The van der Waals surface area contributed by atoms with Crippen LogP contribution in [0.2, 0.25) is 0 Å². The van der Waals surface area contributed by atoms with Crippen LogP contribution in [-0.4, -0.2) is 5.75 Å². The van der Waals surface area contributed by atoms with Gasteiger partial charge < -0.3 is 5.73 Å². The largest absolute Gasteiger partial charge is 0.398 e. The number of anilines is 1. The maximum absolute atomic E-state index is 5.79. The monoisotopic (exact) mass is 213 g/mol. The normalized spacial score (nSPS) is 10.9. The third-order valence-corrected chi connectivity index (χ3v) is 2.80. The molecular formula is C10H12ClNS. The number of thioether (sulfide) groups is 1. The van der Waals surface area contributed by atoms with Crippen LogP contribution in [0.4, 0.5) is 5.69 Å². The van der Waals surface area contributed by atoms with Crippen LogP contribution >= 0.6 is 23.4 Å². The molecule has 0 atom stereocenters. The van der Waals surface area contributed by atoms with Crippen molar-refractivity contribution in [3.8, 4) is 0 Å². The van der Waals surface area contributed by atoms with E-state index in [1.165, 1.54) is 11.1 Å². The summed E-state index contributed by atoms with van der Waals surface area (Å²) in [6.45, 7) is 2.06. The Labute approximate surface area is 88.0 Å². The minimum Gasteiger partial charge on any atom is -0.398 e. The van der Waals surface area contributed by atoms with Crippen molar-refractivity contribution in [2.45, 2.75) is 11.8 Å².